The summed E-state index contributed by atoms with van der Waals surface area (Å²) in [6.45, 7) is 0. The molecule has 4 heteroatoms. The average Bonchev–Trinajstić information content (AvgIpc) is 2.61. The van der Waals surface area contributed by atoms with Gasteiger partial charge in [-0.15, -0.1) is 0 Å². The number of halogens is 1. The summed E-state index contributed by atoms with van der Waals surface area (Å²) in [7, 11) is 0. The topological polar surface area (TPSA) is 55.1 Å². The van der Waals surface area contributed by atoms with Crippen LogP contribution in [0.2, 0.25) is 5.02 Å². The molecule has 0 aromatic heterocycles. The highest BCUT2D eigenvalue weighted by molar-refractivity contribution is 6.30. The molecule has 2 aromatic rings. The van der Waals surface area contributed by atoms with Gasteiger partial charge in [-0.1, -0.05) is 60.5 Å². The van der Waals surface area contributed by atoms with Crippen molar-refractivity contribution in [3.05, 3.63) is 70.7 Å². The molecule has 0 bridgehead atoms. The van der Waals surface area contributed by atoms with E-state index < -0.39 is 0 Å². The first-order chi connectivity index (χ1) is 11.6. The zero-order chi connectivity index (χ0) is 16.9. The van der Waals surface area contributed by atoms with Crippen molar-refractivity contribution in [1.29, 1.82) is 0 Å². The molecule has 3 rings (SSSR count). The van der Waals surface area contributed by atoms with Gasteiger partial charge in [-0.25, -0.2) is 0 Å². The van der Waals surface area contributed by atoms with Crippen molar-refractivity contribution in [2.24, 2.45) is 11.7 Å². The minimum atomic E-state index is -0.172. The Morgan fingerprint density at radius 2 is 1.71 bits per heavy atom. The van der Waals surface area contributed by atoms with Gasteiger partial charge in [0.1, 0.15) is 0 Å². The molecule has 0 saturated heterocycles. The maximum absolute atomic E-state index is 12.8. The normalized spacial score (nSPS) is 21.9. The van der Waals surface area contributed by atoms with E-state index in [1.807, 2.05) is 54.6 Å². The number of hydrogen-bond donors (Lipinski definition) is 2. The van der Waals surface area contributed by atoms with Crippen LogP contribution >= 0.6 is 11.6 Å². The molecule has 1 aliphatic rings. The zero-order valence-electron chi connectivity index (χ0n) is 13.6. The Bertz CT molecular complexity index is 672. The molecule has 126 valence electrons. The summed E-state index contributed by atoms with van der Waals surface area (Å²) < 4.78 is 0. The number of carbonyl (C=O) groups excluding carboxylic acids is 1. The van der Waals surface area contributed by atoms with Crippen molar-refractivity contribution in [3.8, 4) is 0 Å². The van der Waals surface area contributed by atoms with Gasteiger partial charge in [-0.3, -0.25) is 4.79 Å². The van der Waals surface area contributed by atoms with Gasteiger partial charge in [0.15, 0.2) is 0 Å². The molecule has 0 aliphatic heterocycles. The number of nitrogens with two attached hydrogens (primary N) is 1. The van der Waals surface area contributed by atoms with Crippen LogP contribution in [-0.4, -0.2) is 11.9 Å². The van der Waals surface area contributed by atoms with Gasteiger partial charge in [0, 0.05) is 17.0 Å². The van der Waals surface area contributed by atoms with E-state index in [0.29, 0.717) is 5.02 Å². The van der Waals surface area contributed by atoms with Crippen LogP contribution in [0.25, 0.3) is 0 Å². The number of hydrogen-bond acceptors (Lipinski definition) is 2. The third kappa shape index (κ3) is 4.16. The quantitative estimate of drug-likeness (QED) is 0.880. The number of carbonyl (C=O) groups is 1. The predicted molar refractivity (Wildman–Crippen MR) is 97.8 cm³/mol. The minimum Gasteiger partial charge on any atom is -0.345 e. The fourth-order valence-electron chi connectivity index (χ4n) is 3.39. The third-order valence-corrected chi connectivity index (χ3v) is 4.96. The van der Waals surface area contributed by atoms with Crippen molar-refractivity contribution in [2.45, 2.75) is 37.8 Å². The third-order valence-electron chi connectivity index (χ3n) is 4.71. The molecule has 3 atom stereocenters. The summed E-state index contributed by atoms with van der Waals surface area (Å²) >= 11 is 6.00. The Labute approximate surface area is 148 Å². The van der Waals surface area contributed by atoms with E-state index in [4.69, 9.17) is 17.3 Å². The van der Waals surface area contributed by atoms with E-state index in [2.05, 4.69) is 5.32 Å². The second-order valence-corrected chi connectivity index (χ2v) is 6.96. The average molecular weight is 343 g/mol. The monoisotopic (exact) mass is 342 g/mol. The summed E-state index contributed by atoms with van der Waals surface area (Å²) in [6, 6.07) is 17.6. The molecule has 1 fully saturated rings. The number of amides is 1. The van der Waals surface area contributed by atoms with Gasteiger partial charge in [0.2, 0.25) is 5.91 Å². The molecule has 3 unspecified atom stereocenters. The maximum Gasteiger partial charge on any atom is 0.223 e. The second-order valence-electron chi connectivity index (χ2n) is 6.53. The first-order valence-electron chi connectivity index (χ1n) is 8.50. The maximum atomic E-state index is 12.8. The van der Waals surface area contributed by atoms with E-state index >= 15 is 0 Å². The van der Waals surface area contributed by atoms with Gasteiger partial charge in [-0.2, -0.15) is 0 Å². The Morgan fingerprint density at radius 3 is 2.38 bits per heavy atom. The first-order valence-corrected chi connectivity index (χ1v) is 8.87. The van der Waals surface area contributed by atoms with Crippen molar-refractivity contribution >= 4 is 17.5 Å². The molecule has 1 amide bonds. The van der Waals surface area contributed by atoms with Crippen LogP contribution in [0.3, 0.4) is 0 Å². The van der Waals surface area contributed by atoms with Gasteiger partial charge >= 0.3 is 0 Å². The highest BCUT2D eigenvalue weighted by atomic mass is 35.5. The Kier molecular flexibility index (Phi) is 5.54. The molecule has 0 radical (unpaired) electrons. The predicted octanol–water partition coefficient (Wildman–Crippen LogP) is 4.06. The summed E-state index contributed by atoms with van der Waals surface area (Å²) in [6.07, 6.45) is 3.73. The summed E-state index contributed by atoms with van der Waals surface area (Å²) in [5.74, 6) is 0.0983. The highest BCUT2D eigenvalue weighted by Gasteiger charge is 2.27. The standard InChI is InChI=1S/C20H23ClN2O/c21-17-11-9-15(10-12-17)19(14-5-2-1-3-6-14)23-20(24)16-7-4-8-18(22)13-16/h1-3,5-6,9-12,16,18-19H,4,7-8,13,22H2,(H,23,24). The van der Waals surface area contributed by atoms with Crippen molar-refractivity contribution in [2.75, 3.05) is 0 Å². The number of rotatable bonds is 4. The van der Waals surface area contributed by atoms with Gasteiger partial charge in [0.05, 0.1) is 6.04 Å². The van der Waals surface area contributed by atoms with Crippen molar-refractivity contribution in [3.63, 3.8) is 0 Å². The Morgan fingerprint density at radius 1 is 1.04 bits per heavy atom. The van der Waals surface area contributed by atoms with E-state index in [-0.39, 0.29) is 23.9 Å². The molecule has 2 aromatic carbocycles. The van der Waals surface area contributed by atoms with Crippen LogP contribution in [0.4, 0.5) is 0 Å². The summed E-state index contributed by atoms with van der Waals surface area (Å²) in [5.41, 5.74) is 8.13. The van der Waals surface area contributed by atoms with E-state index in [1.165, 1.54) is 0 Å². The molecular formula is C20H23ClN2O. The second kappa shape index (κ2) is 7.82. The SMILES string of the molecule is NC1CCCC(C(=O)NC(c2ccccc2)c2ccc(Cl)cc2)C1. The molecule has 1 saturated carbocycles. The van der Waals surface area contributed by atoms with Crippen LogP contribution < -0.4 is 11.1 Å². The molecular weight excluding hydrogens is 320 g/mol. The van der Waals surface area contributed by atoms with Crippen LogP contribution in [-0.2, 0) is 4.79 Å². The zero-order valence-corrected chi connectivity index (χ0v) is 14.4. The molecule has 0 spiro atoms. The van der Waals surface area contributed by atoms with Crippen LogP contribution in [0.5, 0.6) is 0 Å². The Balaban J connectivity index is 1.82. The number of benzene rings is 2. The highest BCUT2D eigenvalue weighted by Crippen LogP contribution is 2.27. The molecule has 24 heavy (non-hydrogen) atoms. The largest absolute Gasteiger partial charge is 0.345 e. The molecule has 3 nitrogen and oxygen atoms in total. The first kappa shape index (κ1) is 17.0. The van der Waals surface area contributed by atoms with Crippen LogP contribution in [0, 0.1) is 5.92 Å². The lowest BCUT2D eigenvalue weighted by atomic mass is 9.85. The number of nitrogens with one attached hydrogen (secondary N) is 1. The fourth-order valence-corrected chi connectivity index (χ4v) is 3.51. The molecule has 3 N–H and O–H groups in total. The molecule has 0 heterocycles. The smallest absolute Gasteiger partial charge is 0.223 e. The van der Waals surface area contributed by atoms with Gasteiger partial charge in [-0.05, 0) is 42.5 Å². The lowest BCUT2D eigenvalue weighted by Crippen LogP contribution is -2.39. The minimum absolute atomic E-state index is 0.00672. The van der Waals surface area contributed by atoms with E-state index in [1.54, 1.807) is 0 Å². The summed E-state index contributed by atoms with van der Waals surface area (Å²) in [5, 5.41) is 3.91. The summed E-state index contributed by atoms with van der Waals surface area (Å²) in [4.78, 5) is 12.8. The molecule has 1 aliphatic carbocycles. The van der Waals surface area contributed by atoms with E-state index in [0.717, 1.165) is 36.8 Å². The Hall–Kier alpha value is -1.84. The lowest BCUT2D eigenvalue weighted by molar-refractivity contribution is -0.126. The van der Waals surface area contributed by atoms with Crippen molar-refractivity contribution < 1.29 is 4.79 Å². The fraction of sp³-hybridized carbons (Fsp3) is 0.350. The van der Waals surface area contributed by atoms with E-state index in [9.17, 15) is 4.79 Å². The van der Waals surface area contributed by atoms with Crippen molar-refractivity contribution in [1.82, 2.24) is 5.32 Å². The van der Waals surface area contributed by atoms with Gasteiger partial charge < -0.3 is 11.1 Å². The lowest BCUT2D eigenvalue weighted by Gasteiger charge is -2.28. The van der Waals surface area contributed by atoms with Crippen LogP contribution in [0.1, 0.15) is 42.9 Å². The van der Waals surface area contributed by atoms with Gasteiger partial charge in [0.25, 0.3) is 0 Å². The van der Waals surface area contributed by atoms with Crippen LogP contribution in [0.15, 0.2) is 54.6 Å².